The highest BCUT2D eigenvalue weighted by Gasteiger charge is 2.19. The number of alkyl halides is 1. The lowest BCUT2D eigenvalue weighted by molar-refractivity contribution is 0.319. The van der Waals surface area contributed by atoms with Crippen molar-refractivity contribution in [2.24, 2.45) is 5.92 Å². The summed E-state index contributed by atoms with van der Waals surface area (Å²) < 4.78 is 15.9. The SMILES string of the molecule is Fc1cc2c(cc1Cl)nc(CCCl)n2CC1CCCCC1. The number of fused-ring (bicyclic) bond motifs is 1. The summed E-state index contributed by atoms with van der Waals surface area (Å²) in [5.41, 5.74) is 1.60. The minimum absolute atomic E-state index is 0.127. The Balaban J connectivity index is 2.00. The van der Waals surface area contributed by atoms with E-state index in [1.807, 2.05) is 0 Å². The smallest absolute Gasteiger partial charge is 0.144 e. The molecule has 0 spiro atoms. The van der Waals surface area contributed by atoms with Gasteiger partial charge in [0.25, 0.3) is 0 Å². The summed E-state index contributed by atoms with van der Waals surface area (Å²) in [6, 6.07) is 3.12. The molecule has 0 aliphatic heterocycles. The van der Waals surface area contributed by atoms with Gasteiger partial charge in [-0.25, -0.2) is 9.37 Å². The number of hydrogen-bond acceptors (Lipinski definition) is 1. The van der Waals surface area contributed by atoms with Crippen molar-refractivity contribution in [3.8, 4) is 0 Å². The molecule has 1 fully saturated rings. The van der Waals surface area contributed by atoms with Gasteiger partial charge < -0.3 is 4.57 Å². The Bertz CT molecular complexity index is 633. The molecule has 0 atom stereocenters. The summed E-state index contributed by atoms with van der Waals surface area (Å²) in [5, 5.41) is 0.127. The predicted molar refractivity (Wildman–Crippen MR) is 85.7 cm³/mol. The molecule has 114 valence electrons. The quantitative estimate of drug-likeness (QED) is 0.706. The predicted octanol–water partition coefficient (Wildman–Crippen LogP) is 5.19. The van der Waals surface area contributed by atoms with Crippen molar-refractivity contribution >= 4 is 34.2 Å². The number of benzene rings is 1. The van der Waals surface area contributed by atoms with E-state index in [2.05, 4.69) is 9.55 Å². The van der Waals surface area contributed by atoms with Crippen molar-refractivity contribution in [2.45, 2.75) is 45.1 Å². The van der Waals surface area contributed by atoms with Crippen molar-refractivity contribution in [3.63, 3.8) is 0 Å². The first-order chi connectivity index (χ1) is 10.2. The summed E-state index contributed by atoms with van der Waals surface area (Å²) in [6.07, 6.45) is 7.11. The van der Waals surface area contributed by atoms with Crippen molar-refractivity contribution in [2.75, 3.05) is 5.88 Å². The van der Waals surface area contributed by atoms with Gasteiger partial charge in [0.1, 0.15) is 11.6 Å². The van der Waals surface area contributed by atoms with E-state index in [1.165, 1.54) is 38.2 Å². The zero-order chi connectivity index (χ0) is 14.8. The third kappa shape index (κ3) is 3.19. The van der Waals surface area contributed by atoms with E-state index < -0.39 is 0 Å². The van der Waals surface area contributed by atoms with Crippen LogP contribution in [0.5, 0.6) is 0 Å². The fraction of sp³-hybridized carbons (Fsp3) is 0.562. The molecular weight excluding hydrogens is 310 g/mol. The second kappa shape index (κ2) is 6.53. The van der Waals surface area contributed by atoms with Crippen LogP contribution in [-0.4, -0.2) is 15.4 Å². The Morgan fingerprint density at radius 3 is 2.71 bits per heavy atom. The van der Waals surface area contributed by atoms with Gasteiger partial charge in [-0.15, -0.1) is 11.6 Å². The number of rotatable bonds is 4. The van der Waals surface area contributed by atoms with Crippen LogP contribution in [-0.2, 0) is 13.0 Å². The van der Waals surface area contributed by atoms with Crippen molar-refractivity contribution < 1.29 is 4.39 Å². The lowest BCUT2D eigenvalue weighted by Crippen LogP contribution is -2.16. The van der Waals surface area contributed by atoms with Gasteiger partial charge in [0.05, 0.1) is 16.1 Å². The Hall–Kier alpha value is -0.800. The first-order valence-electron chi connectivity index (χ1n) is 7.59. The minimum atomic E-state index is -0.383. The van der Waals surface area contributed by atoms with Gasteiger partial charge >= 0.3 is 0 Å². The average Bonchev–Trinajstić information content (AvgIpc) is 2.79. The van der Waals surface area contributed by atoms with Gasteiger partial charge in [-0.1, -0.05) is 30.9 Å². The molecule has 0 bridgehead atoms. The molecule has 1 saturated carbocycles. The summed E-state index contributed by atoms with van der Waals surface area (Å²) in [7, 11) is 0. The summed E-state index contributed by atoms with van der Waals surface area (Å²) in [6.45, 7) is 0.907. The highest BCUT2D eigenvalue weighted by Crippen LogP contribution is 2.29. The highest BCUT2D eigenvalue weighted by atomic mass is 35.5. The van der Waals surface area contributed by atoms with Crippen LogP contribution >= 0.6 is 23.2 Å². The van der Waals surface area contributed by atoms with E-state index in [-0.39, 0.29) is 10.8 Å². The van der Waals surface area contributed by atoms with Gasteiger partial charge in [0.2, 0.25) is 0 Å². The van der Waals surface area contributed by atoms with E-state index in [0.29, 0.717) is 18.2 Å². The number of aryl methyl sites for hydroxylation is 1. The first-order valence-corrected chi connectivity index (χ1v) is 8.50. The van der Waals surface area contributed by atoms with Crippen LogP contribution in [0.15, 0.2) is 12.1 Å². The molecule has 0 N–H and O–H groups in total. The Morgan fingerprint density at radius 1 is 1.24 bits per heavy atom. The second-order valence-corrected chi connectivity index (χ2v) is 6.62. The Labute approximate surface area is 134 Å². The molecule has 1 aliphatic rings. The molecule has 1 aliphatic carbocycles. The average molecular weight is 329 g/mol. The van der Waals surface area contributed by atoms with Crippen LogP contribution < -0.4 is 0 Å². The Morgan fingerprint density at radius 2 is 2.00 bits per heavy atom. The van der Waals surface area contributed by atoms with Gasteiger partial charge in [0.15, 0.2) is 0 Å². The number of imidazole rings is 1. The fourth-order valence-electron chi connectivity index (χ4n) is 3.28. The van der Waals surface area contributed by atoms with E-state index >= 15 is 0 Å². The van der Waals surface area contributed by atoms with Gasteiger partial charge in [-0.05, 0) is 24.8 Å². The largest absolute Gasteiger partial charge is 0.328 e. The molecule has 0 amide bonds. The molecule has 5 heteroatoms. The molecule has 3 rings (SSSR count). The standard InChI is InChI=1S/C16H19Cl2FN2/c17-7-6-16-20-14-8-12(18)13(19)9-15(14)21(16)10-11-4-2-1-3-5-11/h8-9,11H,1-7,10H2. The van der Waals surface area contributed by atoms with Crippen LogP contribution in [0.4, 0.5) is 4.39 Å². The summed E-state index contributed by atoms with van der Waals surface area (Å²) >= 11 is 11.8. The number of nitrogens with zero attached hydrogens (tertiary/aromatic N) is 2. The minimum Gasteiger partial charge on any atom is -0.328 e. The first kappa shape index (κ1) is 15.1. The molecule has 21 heavy (non-hydrogen) atoms. The lowest BCUT2D eigenvalue weighted by Gasteiger charge is -2.23. The summed E-state index contributed by atoms with van der Waals surface area (Å²) in [4.78, 5) is 4.60. The zero-order valence-electron chi connectivity index (χ0n) is 11.9. The van der Waals surface area contributed by atoms with E-state index in [1.54, 1.807) is 6.07 Å². The van der Waals surface area contributed by atoms with Gasteiger partial charge in [-0.3, -0.25) is 0 Å². The number of hydrogen-bond donors (Lipinski definition) is 0. The van der Waals surface area contributed by atoms with Crippen molar-refractivity contribution in [1.82, 2.24) is 9.55 Å². The third-order valence-electron chi connectivity index (χ3n) is 4.35. The van der Waals surface area contributed by atoms with Crippen LogP contribution in [0, 0.1) is 11.7 Å². The molecule has 2 nitrogen and oxygen atoms in total. The van der Waals surface area contributed by atoms with Gasteiger partial charge in [-0.2, -0.15) is 0 Å². The third-order valence-corrected chi connectivity index (χ3v) is 4.83. The molecule has 0 unspecified atom stereocenters. The van der Waals surface area contributed by atoms with E-state index in [9.17, 15) is 4.39 Å². The van der Waals surface area contributed by atoms with Crippen LogP contribution in [0.25, 0.3) is 11.0 Å². The molecule has 0 radical (unpaired) electrons. The molecule has 2 aromatic rings. The Kier molecular flexibility index (Phi) is 4.70. The summed E-state index contributed by atoms with van der Waals surface area (Å²) in [5.74, 6) is 1.73. The van der Waals surface area contributed by atoms with Gasteiger partial charge in [0, 0.05) is 24.9 Å². The van der Waals surface area contributed by atoms with Crippen molar-refractivity contribution in [1.29, 1.82) is 0 Å². The lowest BCUT2D eigenvalue weighted by atomic mass is 9.89. The maximum atomic E-state index is 13.8. The monoisotopic (exact) mass is 328 g/mol. The zero-order valence-corrected chi connectivity index (χ0v) is 13.4. The molecule has 0 saturated heterocycles. The van der Waals surface area contributed by atoms with Crippen LogP contribution in [0.1, 0.15) is 37.9 Å². The second-order valence-electron chi connectivity index (χ2n) is 5.84. The molecule has 1 aromatic carbocycles. The van der Waals surface area contributed by atoms with Crippen LogP contribution in [0.3, 0.4) is 0 Å². The van der Waals surface area contributed by atoms with Crippen LogP contribution in [0.2, 0.25) is 5.02 Å². The maximum Gasteiger partial charge on any atom is 0.144 e. The topological polar surface area (TPSA) is 17.8 Å². The maximum absolute atomic E-state index is 13.8. The van der Waals surface area contributed by atoms with E-state index in [0.717, 1.165) is 23.4 Å². The normalized spacial score (nSPS) is 16.7. The molecule has 1 aromatic heterocycles. The molecular formula is C16H19Cl2FN2. The number of halogens is 3. The number of aromatic nitrogens is 2. The van der Waals surface area contributed by atoms with E-state index in [4.69, 9.17) is 23.2 Å². The van der Waals surface area contributed by atoms with Crippen molar-refractivity contribution in [3.05, 3.63) is 28.8 Å². The molecule has 1 heterocycles. The highest BCUT2D eigenvalue weighted by molar-refractivity contribution is 6.31. The fourth-order valence-corrected chi connectivity index (χ4v) is 3.60.